The van der Waals surface area contributed by atoms with E-state index in [1.54, 1.807) is 0 Å². The van der Waals surface area contributed by atoms with Gasteiger partial charge in [0.1, 0.15) is 5.82 Å². The average molecular weight is 361 g/mol. The third-order valence-corrected chi connectivity index (χ3v) is 4.65. The molecule has 3 rings (SSSR count). The number of hydrogen-bond acceptors (Lipinski definition) is 4. The molecule has 1 N–H and O–H groups in total. The van der Waals surface area contributed by atoms with Crippen LogP contribution >= 0.6 is 0 Å². The van der Waals surface area contributed by atoms with Gasteiger partial charge in [0.2, 0.25) is 5.95 Å². The second kappa shape index (κ2) is 8.67. The van der Waals surface area contributed by atoms with Crippen LogP contribution in [0.25, 0.3) is 0 Å². The van der Waals surface area contributed by atoms with Gasteiger partial charge >= 0.3 is 0 Å². The van der Waals surface area contributed by atoms with Gasteiger partial charge in [-0.2, -0.15) is 4.98 Å². The van der Waals surface area contributed by atoms with Crippen LogP contribution in [0.2, 0.25) is 0 Å². The van der Waals surface area contributed by atoms with Crippen molar-refractivity contribution in [2.75, 3.05) is 10.2 Å². The van der Waals surface area contributed by atoms with E-state index in [0.717, 1.165) is 24.6 Å². The number of nitrogens with zero attached hydrogens (tertiary/aromatic N) is 3. The van der Waals surface area contributed by atoms with Crippen LogP contribution < -0.4 is 10.2 Å². The van der Waals surface area contributed by atoms with Gasteiger partial charge in [0.25, 0.3) is 0 Å². The lowest BCUT2D eigenvalue weighted by molar-refractivity contribution is 0.671. The third-order valence-electron chi connectivity index (χ3n) is 4.65. The molecule has 4 heteroatoms. The summed E-state index contributed by atoms with van der Waals surface area (Å²) in [6.45, 7) is 10.1. The number of aryl methyl sites for hydroxylation is 2. The number of anilines is 2. The van der Waals surface area contributed by atoms with Gasteiger partial charge < -0.3 is 10.2 Å². The van der Waals surface area contributed by atoms with Crippen molar-refractivity contribution in [3.8, 4) is 0 Å². The molecule has 0 fully saturated rings. The molecular formula is C23H28N4. The summed E-state index contributed by atoms with van der Waals surface area (Å²) in [6, 6.07) is 21.3. The van der Waals surface area contributed by atoms with Crippen LogP contribution in [0.15, 0.2) is 60.7 Å². The molecule has 0 radical (unpaired) electrons. The standard InChI is InChI=1S/C23H28N4/c1-17(2)27(16-20-11-6-5-7-12-20)22-14-19(4)25-23(26-22)24-15-21-13-9-8-10-18(21)3/h5-14,17H,15-16H2,1-4H3,(H,24,25,26). The van der Waals surface area contributed by atoms with Gasteiger partial charge in [0, 0.05) is 30.9 Å². The maximum atomic E-state index is 4.80. The molecule has 2 aromatic carbocycles. The fourth-order valence-electron chi connectivity index (χ4n) is 3.07. The molecule has 3 aromatic rings. The van der Waals surface area contributed by atoms with E-state index in [1.165, 1.54) is 16.7 Å². The molecule has 1 aromatic heterocycles. The smallest absolute Gasteiger partial charge is 0.225 e. The van der Waals surface area contributed by atoms with Crippen LogP contribution in [-0.4, -0.2) is 16.0 Å². The van der Waals surface area contributed by atoms with E-state index in [1.807, 2.05) is 13.0 Å². The zero-order valence-electron chi connectivity index (χ0n) is 16.6. The van der Waals surface area contributed by atoms with Crippen molar-refractivity contribution in [1.82, 2.24) is 9.97 Å². The maximum Gasteiger partial charge on any atom is 0.225 e. The molecule has 0 aliphatic rings. The van der Waals surface area contributed by atoms with E-state index < -0.39 is 0 Å². The van der Waals surface area contributed by atoms with Crippen molar-refractivity contribution in [3.05, 3.63) is 83.0 Å². The number of aromatic nitrogens is 2. The molecule has 0 bridgehead atoms. The molecule has 0 unspecified atom stereocenters. The number of rotatable bonds is 7. The molecule has 0 amide bonds. The van der Waals surface area contributed by atoms with Crippen LogP contribution in [0.5, 0.6) is 0 Å². The summed E-state index contributed by atoms with van der Waals surface area (Å²) in [4.78, 5) is 11.7. The molecule has 0 aliphatic heterocycles. The van der Waals surface area contributed by atoms with Gasteiger partial charge in [-0.25, -0.2) is 4.98 Å². The highest BCUT2D eigenvalue weighted by Crippen LogP contribution is 2.21. The summed E-state index contributed by atoms with van der Waals surface area (Å²) in [7, 11) is 0. The number of nitrogens with one attached hydrogen (secondary N) is 1. The Morgan fingerprint density at radius 1 is 0.926 bits per heavy atom. The van der Waals surface area contributed by atoms with E-state index in [9.17, 15) is 0 Å². The Morgan fingerprint density at radius 3 is 2.33 bits per heavy atom. The van der Waals surface area contributed by atoms with E-state index in [-0.39, 0.29) is 0 Å². The predicted octanol–water partition coefficient (Wildman–Crippen LogP) is 5.12. The molecule has 0 spiro atoms. The average Bonchev–Trinajstić information content (AvgIpc) is 2.65. The SMILES string of the molecule is Cc1cc(N(Cc2ccccc2)C(C)C)nc(NCc2ccccc2C)n1. The first-order valence-electron chi connectivity index (χ1n) is 9.47. The predicted molar refractivity (Wildman–Crippen MR) is 113 cm³/mol. The van der Waals surface area contributed by atoms with Crippen molar-refractivity contribution in [3.63, 3.8) is 0 Å². The van der Waals surface area contributed by atoms with Gasteiger partial charge in [-0.3, -0.25) is 0 Å². The second-order valence-electron chi connectivity index (χ2n) is 7.18. The van der Waals surface area contributed by atoms with Gasteiger partial charge in [0.05, 0.1) is 0 Å². The third kappa shape index (κ3) is 5.07. The molecule has 140 valence electrons. The zero-order chi connectivity index (χ0) is 19.2. The molecule has 4 nitrogen and oxygen atoms in total. The first-order valence-corrected chi connectivity index (χ1v) is 9.47. The number of benzene rings is 2. The maximum absolute atomic E-state index is 4.80. The van der Waals surface area contributed by atoms with Crippen molar-refractivity contribution in [2.45, 2.75) is 46.8 Å². The Balaban J connectivity index is 1.81. The monoisotopic (exact) mass is 360 g/mol. The minimum atomic E-state index is 0.337. The van der Waals surface area contributed by atoms with Crippen LogP contribution in [0.1, 0.15) is 36.2 Å². The highest BCUT2D eigenvalue weighted by Gasteiger charge is 2.15. The van der Waals surface area contributed by atoms with Crippen LogP contribution in [0.3, 0.4) is 0 Å². The first-order chi connectivity index (χ1) is 13.0. The quantitative estimate of drug-likeness (QED) is 0.635. The summed E-state index contributed by atoms with van der Waals surface area (Å²) in [5, 5.41) is 3.39. The Labute approximate surface area is 162 Å². The van der Waals surface area contributed by atoms with Crippen LogP contribution in [-0.2, 0) is 13.1 Å². The molecule has 0 saturated carbocycles. The Hall–Kier alpha value is -2.88. The fourth-order valence-corrected chi connectivity index (χ4v) is 3.07. The lowest BCUT2D eigenvalue weighted by Crippen LogP contribution is -2.31. The normalized spacial score (nSPS) is 10.9. The lowest BCUT2D eigenvalue weighted by atomic mass is 10.1. The van der Waals surface area contributed by atoms with Crippen molar-refractivity contribution < 1.29 is 0 Å². The number of hydrogen-bond donors (Lipinski definition) is 1. The lowest BCUT2D eigenvalue weighted by Gasteiger charge is -2.28. The molecule has 1 heterocycles. The van der Waals surface area contributed by atoms with Gasteiger partial charge in [-0.1, -0.05) is 54.6 Å². The van der Waals surface area contributed by atoms with Crippen molar-refractivity contribution in [2.24, 2.45) is 0 Å². The van der Waals surface area contributed by atoms with Gasteiger partial charge in [0.15, 0.2) is 0 Å². The molecule has 0 atom stereocenters. The molecular weight excluding hydrogens is 332 g/mol. The van der Waals surface area contributed by atoms with E-state index in [2.05, 4.69) is 90.6 Å². The summed E-state index contributed by atoms with van der Waals surface area (Å²) in [5.74, 6) is 1.63. The zero-order valence-corrected chi connectivity index (χ0v) is 16.6. The van der Waals surface area contributed by atoms with E-state index in [4.69, 9.17) is 4.98 Å². The summed E-state index contributed by atoms with van der Waals surface area (Å²) in [5.41, 5.74) is 4.77. The Kier molecular flexibility index (Phi) is 6.07. The highest BCUT2D eigenvalue weighted by molar-refractivity contribution is 5.46. The summed E-state index contributed by atoms with van der Waals surface area (Å²) in [6.07, 6.45) is 0. The second-order valence-corrected chi connectivity index (χ2v) is 7.18. The molecule has 27 heavy (non-hydrogen) atoms. The Bertz CT molecular complexity index is 875. The highest BCUT2D eigenvalue weighted by atomic mass is 15.2. The van der Waals surface area contributed by atoms with Crippen LogP contribution in [0, 0.1) is 13.8 Å². The van der Waals surface area contributed by atoms with Gasteiger partial charge in [-0.05, 0) is 44.4 Å². The van der Waals surface area contributed by atoms with Crippen molar-refractivity contribution >= 4 is 11.8 Å². The van der Waals surface area contributed by atoms with Crippen molar-refractivity contribution in [1.29, 1.82) is 0 Å². The largest absolute Gasteiger partial charge is 0.350 e. The Morgan fingerprint density at radius 2 is 1.63 bits per heavy atom. The van der Waals surface area contributed by atoms with E-state index >= 15 is 0 Å². The van der Waals surface area contributed by atoms with E-state index in [0.29, 0.717) is 12.0 Å². The minimum absolute atomic E-state index is 0.337. The first kappa shape index (κ1) is 18.9. The minimum Gasteiger partial charge on any atom is -0.350 e. The van der Waals surface area contributed by atoms with Gasteiger partial charge in [-0.15, -0.1) is 0 Å². The molecule has 0 aliphatic carbocycles. The molecule has 0 saturated heterocycles. The summed E-state index contributed by atoms with van der Waals surface area (Å²) >= 11 is 0. The fraction of sp³-hybridized carbons (Fsp3) is 0.304. The summed E-state index contributed by atoms with van der Waals surface area (Å²) < 4.78 is 0. The van der Waals surface area contributed by atoms with Crippen LogP contribution in [0.4, 0.5) is 11.8 Å². The topological polar surface area (TPSA) is 41.1 Å².